The van der Waals surface area contributed by atoms with E-state index in [-0.39, 0.29) is 46.4 Å². The van der Waals surface area contributed by atoms with Crippen molar-refractivity contribution in [3.05, 3.63) is 57.6 Å². The summed E-state index contributed by atoms with van der Waals surface area (Å²) in [5.74, 6) is 0.124. The number of rotatable bonds is 8. The monoisotopic (exact) mass is 484 g/mol. The molecule has 196 valence electrons. The highest BCUT2D eigenvalue weighted by Crippen LogP contribution is 2.42. The first-order valence-corrected chi connectivity index (χ1v) is 12.7. The highest BCUT2D eigenvalue weighted by atomic mass is 16.3. The van der Waals surface area contributed by atoms with Crippen LogP contribution < -0.4 is 0 Å². The van der Waals surface area contributed by atoms with Crippen molar-refractivity contribution in [1.29, 1.82) is 0 Å². The van der Waals surface area contributed by atoms with Crippen LogP contribution in [0.3, 0.4) is 0 Å². The van der Waals surface area contributed by atoms with Crippen LogP contribution in [-0.4, -0.2) is 20.4 Å². The Morgan fingerprint density at radius 2 is 0.800 bits per heavy atom. The maximum atomic E-state index is 11.0. The van der Waals surface area contributed by atoms with E-state index in [4.69, 9.17) is 0 Å². The van der Waals surface area contributed by atoms with Crippen LogP contribution in [0.1, 0.15) is 115 Å². The van der Waals surface area contributed by atoms with E-state index in [9.17, 15) is 20.4 Å². The highest BCUT2D eigenvalue weighted by Gasteiger charge is 2.31. The van der Waals surface area contributed by atoms with E-state index < -0.39 is 0 Å². The fourth-order valence-electron chi connectivity index (χ4n) is 5.87. The largest absolute Gasteiger partial charge is 0.507 e. The molecule has 35 heavy (non-hydrogen) atoms. The Morgan fingerprint density at radius 1 is 0.514 bits per heavy atom. The summed E-state index contributed by atoms with van der Waals surface area (Å²) in [6.07, 6.45) is 2.17. The molecule has 0 aliphatic heterocycles. The summed E-state index contributed by atoms with van der Waals surface area (Å²) in [4.78, 5) is 0. The first kappa shape index (κ1) is 29.2. The lowest BCUT2D eigenvalue weighted by molar-refractivity contribution is 0.271. The number of aliphatic hydroxyl groups is 2. The molecule has 2 aromatic rings. The van der Waals surface area contributed by atoms with Gasteiger partial charge in [0.2, 0.25) is 0 Å². The van der Waals surface area contributed by atoms with Gasteiger partial charge in [0.15, 0.2) is 0 Å². The predicted octanol–water partition coefficient (Wildman–Crippen LogP) is 7.10. The van der Waals surface area contributed by atoms with E-state index in [1.165, 1.54) is 0 Å². The Bertz CT molecular complexity index is 950. The molecule has 2 aromatic carbocycles. The van der Waals surface area contributed by atoms with Crippen molar-refractivity contribution >= 4 is 0 Å². The van der Waals surface area contributed by atoms with Crippen molar-refractivity contribution in [2.45, 2.75) is 113 Å². The number of phenols is 2. The lowest BCUT2D eigenvalue weighted by Crippen LogP contribution is -2.25. The van der Waals surface area contributed by atoms with Crippen molar-refractivity contribution in [2.75, 3.05) is 0 Å². The van der Waals surface area contributed by atoms with E-state index in [1.54, 1.807) is 0 Å². The highest BCUT2D eigenvalue weighted by molar-refractivity contribution is 5.52. The fraction of sp³-hybridized carbons (Fsp3) is 0.613. The summed E-state index contributed by atoms with van der Waals surface area (Å²) < 4.78 is 0. The molecule has 0 saturated heterocycles. The van der Waals surface area contributed by atoms with Gasteiger partial charge in [-0.1, -0.05) is 81.4 Å². The molecule has 4 nitrogen and oxygen atoms in total. The Hall–Kier alpha value is -2.04. The second-order valence-electron chi connectivity index (χ2n) is 14.0. The van der Waals surface area contributed by atoms with E-state index in [0.29, 0.717) is 28.7 Å². The zero-order valence-electron chi connectivity index (χ0n) is 23.6. The number of aromatic hydroxyl groups is 2. The van der Waals surface area contributed by atoms with Crippen LogP contribution in [0.2, 0.25) is 0 Å². The molecular formula is C31H48O4. The van der Waals surface area contributed by atoms with Gasteiger partial charge in [0, 0.05) is 17.5 Å². The maximum absolute atomic E-state index is 11.0. The van der Waals surface area contributed by atoms with Gasteiger partial charge in [-0.2, -0.15) is 0 Å². The molecular weight excluding hydrogens is 436 g/mol. The fourth-order valence-corrected chi connectivity index (χ4v) is 5.87. The van der Waals surface area contributed by atoms with Gasteiger partial charge in [-0.3, -0.25) is 0 Å². The van der Waals surface area contributed by atoms with Gasteiger partial charge in [0.25, 0.3) is 0 Å². The average molecular weight is 485 g/mol. The molecule has 0 amide bonds. The molecule has 0 spiro atoms. The van der Waals surface area contributed by atoms with E-state index in [0.717, 1.165) is 24.0 Å². The lowest BCUT2D eigenvalue weighted by Gasteiger charge is -2.34. The van der Waals surface area contributed by atoms with E-state index >= 15 is 0 Å². The van der Waals surface area contributed by atoms with Crippen LogP contribution in [0.25, 0.3) is 0 Å². The van der Waals surface area contributed by atoms with Gasteiger partial charge >= 0.3 is 0 Å². The SMILES string of the molecule is CC(C)(C)CC(C)(C)c1cc(CO)c(O)c(Cc2cc(C(C)(C)CC(C)(C)C)cc(CO)c2O)c1. The first-order valence-electron chi connectivity index (χ1n) is 12.7. The van der Waals surface area contributed by atoms with Crippen LogP contribution in [-0.2, 0) is 30.5 Å². The molecule has 0 heterocycles. The smallest absolute Gasteiger partial charge is 0.124 e. The second kappa shape index (κ2) is 10.1. The number of hydrogen-bond donors (Lipinski definition) is 4. The summed E-state index contributed by atoms with van der Waals surface area (Å²) in [5.41, 5.74) is 4.31. The van der Waals surface area contributed by atoms with Gasteiger partial charge in [0.1, 0.15) is 11.5 Å². The summed E-state index contributed by atoms with van der Waals surface area (Å²) in [6.45, 7) is 21.5. The van der Waals surface area contributed by atoms with Crippen molar-refractivity contribution in [2.24, 2.45) is 10.8 Å². The quantitative estimate of drug-likeness (QED) is 0.322. The second-order valence-corrected chi connectivity index (χ2v) is 14.0. The van der Waals surface area contributed by atoms with Crippen LogP contribution in [0, 0.1) is 10.8 Å². The van der Waals surface area contributed by atoms with Gasteiger partial charge in [-0.05, 0) is 68.9 Å². The third kappa shape index (κ3) is 7.47. The molecule has 0 aliphatic carbocycles. The predicted molar refractivity (Wildman–Crippen MR) is 145 cm³/mol. The molecule has 0 aromatic heterocycles. The lowest BCUT2D eigenvalue weighted by atomic mass is 9.71. The molecule has 0 saturated carbocycles. The molecule has 0 bridgehead atoms. The van der Waals surface area contributed by atoms with Crippen molar-refractivity contribution in [3.8, 4) is 11.5 Å². The van der Waals surface area contributed by atoms with Crippen molar-refractivity contribution in [1.82, 2.24) is 0 Å². The van der Waals surface area contributed by atoms with Crippen LogP contribution in [0.4, 0.5) is 0 Å². The Labute approximate surface area is 213 Å². The minimum absolute atomic E-state index is 0.0621. The molecule has 4 N–H and O–H groups in total. The molecule has 0 atom stereocenters. The van der Waals surface area contributed by atoms with Crippen molar-refractivity contribution < 1.29 is 20.4 Å². The third-order valence-electron chi connectivity index (χ3n) is 6.76. The molecule has 0 unspecified atom stereocenters. The van der Waals surface area contributed by atoms with Gasteiger partial charge in [-0.25, -0.2) is 0 Å². The summed E-state index contributed by atoms with van der Waals surface area (Å²) in [7, 11) is 0. The number of aliphatic hydroxyl groups excluding tert-OH is 2. The Balaban J connectivity index is 2.64. The van der Waals surface area contributed by atoms with Crippen LogP contribution in [0.5, 0.6) is 11.5 Å². The molecule has 0 radical (unpaired) electrons. The molecule has 2 rings (SSSR count). The third-order valence-corrected chi connectivity index (χ3v) is 6.76. The normalized spacial score (nSPS) is 13.4. The minimum Gasteiger partial charge on any atom is -0.507 e. The van der Waals surface area contributed by atoms with Gasteiger partial charge < -0.3 is 20.4 Å². The standard InChI is InChI=1S/C31H48O4/c1-28(2,3)18-30(7,8)24-12-20(26(34)22(14-24)16-32)11-21-13-25(15-23(17-33)27(21)35)31(9,10)19-29(4,5)6/h12-15,32-35H,11,16-19H2,1-10H3. The number of hydrogen-bond acceptors (Lipinski definition) is 4. The van der Waals surface area contributed by atoms with Crippen molar-refractivity contribution in [3.63, 3.8) is 0 Å². The number of benzene rings is 2. The van der Waals surface area contributed by atoms with E-state index in [2.05, 4.69) is 69.2 Å². The summed E-state index contributed by atoms with van der Waals surface area (Å²) in [6, 6.07) is 7.80. The molecule has 0 aliphatic rings. The maximum Gasteiger partial charge on any atom is 0.124 e. The zero-order chi connectivity index (χ0) is 27.0. The summed E-state index contributed by atoms with van der Waals surface area (Å²) >= 11 is 0. The Morgan fingerprint density at radius 3 is 1.06 bits per heavy atom. The van der Waals surface area contributed by atoms with Crippen LogP contribution in [0.15, 0.2) is 24.3 Å². The zero-order valence-corrected chi connectivity index (χ0v) is 23.6. The van der Waals surface area contributed by atoms with Gasteiger partial charge in [-0.15, -0.1) is 0 Å². The molecule has 0 fully saturated rings. The van der Waals surface area contributed by atoms with Crippen LogP contribution >= 0.6 is 0 Å². The topological polar surface area (TPSA) is 80.9 Å². The Kier molecular flexibility index (Phi) is 8.46. The molecule has 4 heteroatoms. The van der Waals surface area contributed by atoms with E-state index in [1.807, 2.05) is 24.3 Å². The average Bonchev–Trinajstić information content (AvgIpc) is 2.67. The first-order chi connectivity index (χ1) is 15.8. The minimum atomic E-state index is -0.259. The summed E-state index contributed by atoms with van der Waals surface area (Å²) in [5, 5.41) is 41.9. The van der Waals surface area contributed by atoms with Gasteiger partial charge in [0.05, 0.1) is 13.2 Å².